The number of fused-ring (bicyclic) bond motifs is 2. The van der Waals surface area contributed by atoms with E-state index in [1.807, 2.05) is 19.9 Å². The first-order valence-electron chi connectivity index (χ1n) is 8.26. The van der Waals surface area contributed by atoms with Crippen LogP contribution in [-0.2, 0) is 19.1 Å². The number of hydrogen-bond donors (Lipinski definition) is 0. The highest BCUT2D eigenvalue weighted by Crippen LogP contribution is 2.64. The van der Waals surface area contributed by atoms with Gasteiger partial charge >= 0.3 is 11.9 Å². The van der Waals surface area contributed by atoms with Crippen LogP contribution in [0.15, 0.2) is 23.3 Å². The Morgan fingerprint density at radius 1 is 1.18 bits per heavy atom. The minimum atomic E-state index is -0.427. The SMILES string of the molecule is CC[C@H]1OC(=O)C=C2C1=CC1OC(=O)[C@@]3(C)CCC[C@@]2(C)C13. The zero-order valence-electron chi connectivity index (χ0n) is 13.3. The summed E-state index contributed by atoms with van der Waals surface area (Å²) in [5.41, 5.74) is 1.54. The fourth-order valence-electron chi connectivity index (χ4n) is 5.33. The van der Waals surface area contributed by atoms with Gasteiger partial charge in [-0.2, -0.15) is 0 Å². The Bertz CT molecular complexity index is 631. The maximum atomic E-state index is 12.5. The molecule has 0 aromatic carbocycles. The van der Waals surface area contributed by atoms with Gasteiger partial charge in [-0.05, 0) is 43.4 Å². The second-order valence-electron chi connectivity index (χ2n) is 7.55. The molecule has 118 valence electrons. The molecular formula is C18H22O4. The predicted molar refractivity (Wildman–Crippen MR) is 79.8 cm³/mol. The molecule has 0 aromatic rings. The summed E-state index contributed by atoms with van der Waals surface area (Å²) in [5.74, 6) is -0.208. The van der Waals surface area contributed by atoms with E-state index in [9.17, 15) is 9.59 Å². The van der Waals surface area contributed by atoms with Gasteiger partial charge in [-0.25, -0.2) is 4.79 Å². The molecule has 2 heterocycles. The van der Waals surface area contributed by atoms with Crippen LogP contribution in [-0.4, -0.2) is 24.1 Å². The fraction of sp³-hybridized carbons (Fsp3) is 0.667. The Kier molecular flexibility index (Phi) is 2.71. The maximum absolute atomic E-state index is 12.5. The summed E-state index contributed by atoms with van der Waals surface area (Å²) in [5, 5.41) is 0. The van der Waals surface area contributed by atoms with Crippen molar-refractivity contribution in [3.05, 3.63) is 23.3 Å². The Hall–Kier alpha value is -1.58. The molecule has 5 atom stereocenters. The predicted octanol–water partition coefficient (Wildman–Crippen LogP) is 2.93. The molecule has 4 nitrogen and oxygen atoms in total. The number of carbonyl (C=O) groups excluding carboxylic acids is 2. The first-order valence-corrected chi connectivity index (χ1v) is 8.26. The van der Waals surface area contributed by atoms with E-state index in [2.05, 4.69) is 6.92 Å². The lowest BCUT2D eigenvalue weighted by Gasteiger charge is -2.52. The van der Waals surface area contributed by atoms with E-state index in [1.165, 1.54) is 0 Å². The van der Waals surface area contributed by atoms with Crippen LogP contribution in [0.1, 0.15) is 46.5 Å². The van der Waals surface area contributed by atoms with Crippen LogP contribution in [0.4, 0.5) is 0 Å². The molecule has 0 N–H and O–H groups in total. The Morgan fingerprint density at radius 2 is 1.91 bits per heavy atom. The highest BCUT2D eigenvalue weighted by atomic mass is 16.6. The van der Waals surface area contributed by atoms with E-state index in [1.54, 1.807) is 6.08 Å². The van der Waals surface area contributed by atoms with Gasteiger partial charge in [0.05, 0.1) is 5.41 Å². The van der Waals surface area contributed by atoms with Crippen molar-refractivity contribution < 1.29 is 19.1 Å². The summed E-state index contributed by atoms with van der Waals surface area (Å²) < 4.78 is 11.2. The van der Waals surface area contributed by atoms with Crippen molar-refractivity contribution >= 4 is 11.9 Å². The molecule has 0 amide bonds. The second-order valence-corrected chi connectivity index (χ2v) is 7.55. The van der Waals surface area contributed by atoms with Crippen molar-refractivity contribution in [1.82, 2.24) is 0 Å². The topological polar surface area (TPSA) is 52.6 Å². The average molecular weight is 302 g/mol. The van der Waals surface area contributed by atoms with Crippen LogP contribution in [0.5, 0.6) is 0 Å². The van der Waals surface area contributed by atoms with Crippen molar-refractivity contribution in [2.45, 2.75) is 58.7 Å². The molecule has 0 spiro atoms. The standard InChI is InChI=1S/C18H22O4/c1-4-12-10-8-13-15-17(2,11(10)9-14(19)21-12)6-5-7-18(15,3)16(20)22-13/h8-9,12-13,15H,4-7H2,1-3H3/t12-,13?,15?,17-,18+/m1/s1. The summed E-state index contributed by atoms with van der Waals surface area (Å²) in [6.07, 6.45) is 6.91. The largest absolute Gasteiger partial charge is 0.457 e. The third-order valence-corrected chi connectivity index (χ3v) is 6.31. The van der Waals surface area contributed by atoms with Crippen molar-refractivity contribution in [3.8, 4) is 0 Å². The van der Waals surface area contributed by atoms with Crippen LogP contribution >= 0.6 is 0 Å². The van der Waals surface area contributed by atoms with Crippen molar-refractivity contribution in [1.29, 1.82) is 0 Å². The molecule has 1 saturated heterocycles. The quantitative estimate of drug-likeness (QED) is 0.699. The van der Waals surface area contributed by atoms with Crippen LogP contribution in [0.3, 0.4) is 0 Å². The van der Waals surface area contributed by atoms with Crippen molar-refractivity contribution in [2.75, 3.05) is 0 Å². The summed E-state index contributed by atoms with van der Waals surface area (Å²) in [6, 6.07) is 0. The fourth-order valence-corrected chi connectivity index (χ4v) is 5.33. The third-order valence-electron chi connectivity index (χ3n) is 6.31. The number of rotatable bonds is 1. The summed E-state index contributed by atoms with van der Waals surface area (Å²) in [7, 11) is 0. The lowest BCUT2D eigenvalue weighted by atomic mass is 9.49. The minimum absolute atomic E-state index is 0.0789. The lowest BCUT2D eigenvalue weighted by molar-refractivity contribution is -0.148. The molecule has 2 aliphatic heterocycles. The number of ether oxygens (including phenoxy) is 2. The van der Waals surface area contributed by atoms with Crippen LogP contribution in [0.25, 0.3) is 0 Å². The molecular weight excluding hydrogens is 280 g/mol. The van der Waals surface area contributed by atoms with Crippen LogP contribution in [0.2, 0.25) is 0 Å². The molecule has 4 rings (SSSR count). The van der Waals surface area contributed by atoms with Gasteiger partial charge in [0.1, 0.15) is 12.2 Å². The first kappa shape index (κ1) is 14.0. The van der Waals surface area contributed by atoms with Gasteiger partial charge in [-0.15, -0.1) is 0 Å². The number of cyclic esters (lactones) is 1. The summed E-state index contributed by atoms with van der Waals surface area (Å²) in [6.45, 7) is 6.26. The zero-order chi connectivity index (χ0) is 15.7. The van der Waals surface area contributed by atoms with Gasteiger partial charge < -0.3 is 9.47 Å². The highest BCUT2D eigenvalue weighted by molar-refractivity contribution is 5.87. The van der Waals surface area contributed by atoms with E-state index >= 15 is 0 Å². The number of esters is 2. The van der Waals surface area contributed by atoms with Gasteiger partial charge in [0.2, 0.25) is 0 Å². The van der Waals surface area contributed by atoms with E-state index in [-0.39, 0.29) is 35.5 Å². The monoisotopic (exact) mass is 302 g/mol. The van der Waals surface area contributed by atoms with Gasteiger partial charge in [-0.3, -0.25) is 4.79 Å². The summed E-state index contributed by atoms with van der Waals surface area (Å²) >= 11 is 0. The van der Waals surface area contributed by atoms with Gasteiger partial charge in [0.15, 0.2) is 0 Å². The average Bonchev–Trinajstić information content (AvgIpc) is 2.72. The molecule has 2 fully saturated rings. The van der Waals surface area contributed by atoms with Crippen molar-refractivity contribution in [2.24, 2.45) is 16.7 Å². The first-order chi connectivity index (χ1) is 10.4. The Morgan fingerprint density at radius 3 is 2.64 bits per heavy atom. The molecule has 0 radical (unpaired) electrons. The van der Waals surface area contributed by atoms with Gasteiger partial charge in [0.25, 0.3) is 0 Å². The number of hydrogen-bond acceptors (Lipinski definition) is 4. The van der Waals surface area contributed by atoms with Gasteiger partial charge in [-0.1, -0.05) is 20.3 Å². The third kappa shape index (κ3) is 1.53. The Labute approximate surface area is 130 Å². The van der Waals surface area contributed by atoms with E-state index in [4.69, 9.17) is 9.47 Å². The lowest BCUT2D eigenvalue weighted by Crippen LogP contribution is -2.51. The van der Waals surface area contributed by atoms with E-state index in [0.717, 1.165) is 36.8 Å². The molecule has 2 aliphatic carbocycles. The molecule has 22 heavy (non-hydrogen) atoms. The zero-order valence-corrected chi connectivity index (χ0v) is 13.3. The molecule has 1 saturated carbocycles. The normalized spacial score (nSPS) is 46.0. The van der Waals surface area contributed by atoms with E-state index in [0.29, 0.717) is 0 Å². The molecule has 0 bridgehead atoms. The van der Waals surface area contributed by atoms with E-state index < -0.39 is 5.41 Å². The maximum Gasteiger partial charge on any atom is 0.331 e. The number of carbonyl (C=O) groups is 2. The highest BCUT2D eigenvalue weighted by Gasteiger charge is 2.65. The van der Waals surface area contributed by atoms with Crippen LogP contribution in [0, 0.1) is 16.7 Å². The Balaban J connectivity index is 1.92. The summed E-state index contributed by atoms with van der Waals surface area (Å²) in [4.78, 5) is 24.5. The minimum Gasteiger partial charge on any atom is -0.457 e. The van der Waals surface area contributed by atoms with Gasteiger partial charge in [0, 0.05) is 17.4 Å². The molecule has 4 aliphatic rings. The van der Waals surface area contributed by atoms with Crippen LogP contribution < -0.4 is 0 Å². The molecule has 2 unspecified atom stereocenters. The smallest absolute Gasteiger partial charge is 0.331 e. The molecule has 0 aromatic heterocycles. The second kappa shape index (κ2) is 4.24. The molecule has 4 heteroatoms. The van der Waals surface area contributed by atoms with Crippen molar-refractivity contribution in [3.63, 3.8) is 0 Å².